The summed E-state index contributed by atoms with van der Waals surface area (Å²) in [4.78, 5) is 26.4. The molecular formula is C24H17BrFNO3S. The molecular weight excluding hydrogens is 481 g/mol. The molecule has 0 radical (unpaired) electrons. The maximum atomic E-state index is 13.9. The van der Waals surface area contributed by atoms with Crippen molar-refractivity contribution >= 4 is 44.9 Å². The van der Waals surface area contributed by atoms with Gasteiger partial charge in [-0.25, -0.2) is 4.39 Å². The standard InChI is InChI=1S/C24H17BrFNO3S/c25-19-12-17(10-11-21(19)30-15-16-6-2-1-3-7-16)13-22-23(28)27(24(29)31-22)14-18-8-4-5-9-20(18)26/h1-13H,14-15H2/b22-13-. The van der Waals surface area contributed by atoms with Gasteiger partial charge < -0.3 is 4.74 Å². The first-order valence-corrected chi connectivity index (χ1v) is 11.1. The van der Waals surface area contributed by atoms with E-state index in [-0.39, 0.29) is 6.54 Å². The van der Waals surface area contributed by atoms with Crippen LogP contribution in [0.25, 0.3) is 6.08 Å². The van der Waals surface area contributed by atoms with E-state index in [9.17, 15) is 14.0 Å². The van der Waals surface area contributed by atoms with E-state index in [4.69, 9.17) is 4.74 Å². The topological polar surface area (TPSA) is 46.6 Å². The van der Waals surface area contributed by atoms with Gasteiger partial charge in [-0.05, 0) is 63.1 Å². The Kier molecular flexibility index (Phi) is 6.53. The van der Waals surface area contributed by atoms with Crippen LogP contribution in [0, 0.1) is 5.82 Å². The van der Waals surface area contributed by atoms with E-state index < -0.39 is 17.0 Å². The summed E-state index contributed by atoms with van der Waals surface area (Å²) in [5, 5.41) is -0.415. The lowest BCUT2D eigenvalue weighted by atomic mass is 10.2. The Morgan fingerprint density at radius 2 is 1.74 bits per heavy atom. The largest absolute Gasteiger partial charge is 0.488 e. The van der Waals surface area contributed by atoms with Gasteiger partial charge in [0.1, 0.15) is 18.2 Å². The molecule has 1 fully saturated rings. The summed E-state index contributed by atoms with van der Waals surface area (Å²) in [5.41, 5.74) is 2.10. The molecule has 0 spiro atoms. The second-order valence-electron chi connectivity index (χ2n) is 6.82. The maximum Gasteiger partial charge on any atom is 0.293 e. The van der Waals surface area contributed by atoms with E-state index >= 15 is 0 Å². The molecule has 1 saturated heterocycles. The average molecular weight is 498 g/mol. The third-order valence-corrected chi connectivity index (χ3v) is 6.18. The minimum atomic E-state index is -0.444. The summed E-state index contributed by atoms with van der Waals surface area (Å²) in [6.07, 6.45) is 1.65. The predicted molar refractivity (Wildman–Crippen MR) is 123 cm³/mol. The number of imide groups is 1. The molecule has 31 heavy (non-hydrogen) atoms. The van der Waals surface area contributed by atoms with Crippen LogP contribution in [-0.2, 0) is 17.9 Å². The van der Waals surface area contributed by atoms with Gasteiger partial charge in [0.15, 0.2) is 0 Å². The predicted octanol–water partition coefficient (Wildman–Crippen LogP) is 6.40. The van der Waals surface area contributed by atoms with Crippen LogP contribution in [0.3, 0.4) is 0 Å². The minimum Gasteiger partial charge on any atom is -0.488 e. The molecule has 0 saturated carbocycles. The number of thioether (sulfide) groups is 1. The number of carbonyl (C=O) groups excluding carboxylic acids is 2. The van der Waals surface area contributed by atoms with E-state index in [1.807, 2.05) is 48.5 Å². The molecule has 0 aromatic heterocycles. The first-order valence-electron chi connectivity index (χ1n) is 9.46. The zero-order valence-corrected chi connectivity index (χ0v) is 18.7. The molecule has 7 heteroatoms. The first kappa shape index (κ1) is 21.3. The third kappa shape index (κ3) is 5.06. The van der Waals surface area contributed by atoms with Gasteiger partial charge in [-0.1, -0.05) is 54.6 Å². The monoisotopic (exact) mass is 497 g/mol. The van der Waals surface area contributed by atoms with Crippen LogP contribution in [-0.4, -0.2) is 16.0 Å². The van der Waals surface area contributed by atoms with Gasteiger partial charge in [0, 0.05) is 5.56 Å². The number of rotatable bonds is 6. The van der Waals surface area contributed by atoms with Gasteiger partial charge in [0.05, 0.1) is 15.9 Å². The second-order valence-corrected chi connectivity index (χ2v) is 8.67. The van der Waals surface area contributed by atoms with Crippen molar-refractivity contribution in [3.63, 3.8) is 0 Å². The molecule has 0 atom stereocenters. The number of ether oxygens (including phenoxy) is 1. The van der Waals surface area contributed by atoms with Crippen molar-refractivity contribution in [3.05, 3.63) is 105 Å². The van der Waals surface area contributed by atoms with Crippen molar-refractivity contribution in [2.24, 2.45) is 0 Å². The zero-order chi connectivity index (χ0) is 21.8. The van der Waals surface area contributed by atoms with E-state index in [0.717, 1.165) is 32.3 Å². The SMILES string of the molecule is O=C1S/C(=C\c2ccc(OCc3ccccc3)c(Br)c2)C(=O)N1Cc1ccccc1F. The molecule has 1 aliphatic rings. The molecule has 0 N–H and O–H groups in total. The van der Waals surface area contributed by atoms with Crippen molar-refractivity contribution in [1.29, 1.82) is 0 Å². The van der Waals surface area contributed by atoms with Crippen LogP contribution in [0.2, 0.25) is 0 Å². The smallest absolute Gasteiger partial charge is 0.293 e. The Labute approximate surface area is 191 Å². The number of hydrogen-bond acceptors (Lipinski definition) is 4. The van der Waals surface area contributed by atoms with Gasteiger partial charge in [-0.2, -0.15) is 0 Å². The number of carbonyl (C=O) groups is 2. The number of amides is 2. The molecule has 4 rings (SSSR count). The highest BCUT2D eigenvalue weighted by molar-refractivity contribution is 9.10. The molecule has 0 aliphatic carbocycles. The molecule has 4 nitrogen and oxygen atoms in total. The fraction of sp³-hybridized carbons (Fsp3) is 0.0833. The van der Waals surface area contributed by atoms with Gasteiger partial charge in [-0.15, -0.1) is 0 Å². The van der Waals surface area contributed by atoms with Crippen LogP contribution < -0.4 is 4.74 Å². The highest BCUT2D eigenvalue weighted by atomic mass is 79.9. The summed E-state index contributed by atoms with van der Waals surface area (Å²) in [7, 11) is 0. The fourth-order valence-corrected chi connectivity index (χ4v) is 4.39. The van der Waals surface area contributed by atoms with E-state index in [2.05, 4.69) is 15.9 Å². The normalized spacial score (nSPS) is 15.0. The summed E-state index contributed by atoms with van der Waals surface area (Å²) < 4.78 is 20.5. The minimum absolute atomic E-state index is 0.0926. The molecule has 3 aromatic rings. The second kappa shape index (κ2) is 9.49. The van der Waals surface area contributed by atoms with E-state index in [1.165, 1.54) is 6.07 Å². The van der Waals surface area contributed by atoms with Gasteiger partial charge in [-0.3, -0.25) is 14.5 Å². The number of nitrogens with zero attached hydrogens (tertiary/aromatic N) is 1. The summed E-state index contributed by atoms with van der Waals surface area (Å²) >= 11 is 4.35. The quantitative estimate of drug-likeness (QED) is 0.369. The van der Waals surface area contributed by atoms with Crippen molar-refractivity contribution in [2.75, 3.05) is 0 Å². The number of benzene rings is 3. The summed E-state index contributed by atoms with van der Waals surface area (Å²) in [6, 6.07) is 21.4. The molecule has 0 unspecified atom stereocenters. The lowest BCUT2D eigenvalue weighted by Crippen LogP contribution is -2.27. The Balaban J connectivity index is 1.47. The fourth-order valence-electron chi connectivity index (χ4n) is 3.04. The van der Waals surface area contributed by atoms with Crippen molar-refractivity contribution in [1.82, 2.24) is 4.90 Å². The molecule has 2 amide bonds. The van der Waals surface area contributed by atoms with Crippen molar-refractivity contribution in [3.8, 4) is 5.75 Å². The van der Waals surface area contributed by atoms with E-state index in [0.29, 0.717) is 22.8 Å². The van der Waals surface area contributed by atoms with Crippen LogP contribution >= 0.6 is 27.7 Å². The number of halogens is 2. The van der Waals surface area contributed by atoms with E-state index in [1.54, 1.807) is 24.3 Å². The molecule has 0 bridgehead atoms. The van der Waals surface area contributed by atoms with Crippen molar-refractivity contribution in [2.45, 2.75) is 13.2 Å². The van der Waals surface area contributed by atoms with Gasteiger partial charge in [0.25, 0.3) is 11.1 Å². The summed E-state index contributed by atoms with van der Waals surface area (Å²) in [5.74, 6) is -0.201. The highest BCUT2D eigenvalue weighted by Crippen LogP contribution is 2.35. The Morgan fingerprint density at radius 3 is 2.48 bits per heavy atom. The van der Waals surface area contributed by atoms with Gasteiger partial charge >= 0.3 is 0 Å². The summed E-state index contributed by atoms with van der Waals surface area (Å²) in [6.45, 7) is 0.346. The number of hydrogen-bond donors (Lipinski definition) is 0. The first-order chi connectivity index (χ1) is 15.0. The average Bonchev–Trinajstić information content (AvgIpc) is 3.03. The third-order valence-electron chi connectivity index (χ3n) is 4.65. The lowest BCUT2D eigenvalue weighted by Gasteiger charge is -2.12. The Morgan fingerprint density at radius 1 is 1.00 bits per heavy atom. The lowest BCUT2D eigenvalue weighted by molar-refractivity contribution is -0.123. The molecule has 1 aliphatic heterocycles. The molecule has 156 valence electrons. The van der Waals surface area contributed by atoms with Crippen LogP contribution in [0.15, 0.2) is 82.2 Å². The highest BCUT2D eigenvalue weighted by Gasteiger charge is 2.35. The maximum absolute atomic E-state index is 13.9. The Hall–Kier alpha value is -2.90. The Bertz CT molecular complexity index is 1170. The van der Waals surface area contributed by atoms with Crippen LogP contribution in [0.1, 0.15) is 16.7 Å². The van der Waals surface area contributed by atoms with Crippen molar-refractivity contribution < 1.29 is 18.7 Å². The van der Waals surface area contributed by atoms with Gasteiger partial charge in [0.2, 0.25) is 0 Å². The van der Waals surface area contributed by atoms with Crippen LogP contribution in [0.5, 0.6) is 5.75 Å². The molecule has 3 aromatic carbocycles. The van der Waals surface area contributed by atoms with Crippen LogP contribution in [0.4, 0.5) is 9.18 Å². The zero-order valence-electron chi connectivity index (χ0n) is 16.3. The molecule has 1 heterocycles.